The highest BCUT2D eigenvalue weighted by molar-refractivity contribution is 6.10. The second kappa shape index (κ2) is 6.80. The van der Waals surface area contributed by atoms with Gasteiger partial charge < -0.3 is 10.4 Å². The molecule has 4 heteroatoms. The summed E-state index contributed by atoms with van der Waals surface area (Å²) in [5.41, 5.74) is 3.72. The number of benzene rings is 2. The molecule has 0 fully saturated rings. The number of hydrogen-bond donors (Lipinski definition) is 2. The van der Waals surface area contributed by atoms with Crippen molar-refractivity contribution in [3.8, 4) is 11.8 Å². The molecule has 1 amide bonds. The van der Waals surface area contributed by atoms with E-state index in [0.29, 0.717) is 22.4 Å². The molecule has 4 nitrogen and oxygen atoms in total. The topological polar surface area (TPSA) is 73.1 Å². The monoisotopic (exact) mass is 306 g/mol. The van der Waals surface area contributed by atoms with Crippen molar-refractivity contribution < 1.29 is 9.90 Å². The number of anilines is 1. The van der Waals surface area contributed by atoms with Crippen LogP contribution in [0.1, 0.15) is 22.3 Å². The van der Waals surface area contributed by atoms with Crippen LogP contribution in [0.2, 0.25) is 0 Å². The molecular weight excluding hydrogens is 288 g/mol. The number of hydrogen-bond acceptors (Lipinski definition) is 3. The molecule has 0 bridgehead atoms. The fraction of sp³-hybridized carbons (Fsp3) is 0.158. The minimum absolute atomic E-state index is 0.0118. The summed E-state index contributed by atoms with van der Waals surface area (Å²) in [5.74, 6) is -0.227. The Bertz CT molecular complexity index is 806. The average Bonchev–Trinajstić information content (AvgIpc) is 2.52. The number of aryl methyl sites for hydroxylation is 3. The Hall–Kier alpha value is -3.06. The first-order valence-electron chi connectivity index (χ1n) is 7.21. The van der Waals surface area contributed by atoms with E-state index in [1.807, 2.05) is 31.2 Å². The lowest BCUT2D eigenvalue weighted by Crippen LogP contribution is -2.14. The summed E-state index contributed by atoms with van der Waals surface area (Å²) in [7, 11) is 0. The number of amides is 1. The van der Waals surface area contributed by atoms with E-state index in [2.05, 4.69) is 5.32 Å². The first-order chi connectivity index (χ1) is 10.9. The van der Waals surface area contributed by atoms with Crippen molar-refractivity contribution in [3.05, 3.63) is 64.2 Å². The molecule has 2 aromatic carbocycles. The molecule has 0 aromatic heterocycles. The van der Waals surface area contributed by atoms with Crippen molar-refractivity contribution in [2.75, 3.05) is 5.32 Å². The predicted octanol–water partition coefficient (Wildman–Crippen LogP) is 3.86. The zero-order chi connectivity index (χ0) is 17.0. The summed E-state index contributed by atoms with van der Waals surface area (Å²) in [4.78, 5) is 12.3. The number of carbonyl (C=O) groups excluding carboxylic acids is 1. The fourth-order valence-corrected chi connectivity index (χ4v) is 2.29. The molecule has 23 heavy (non-hydrogen) atoms. The van der Waals surface area contributed by atoms with E-state index in [4.69, 9.17) is 0 Å². The molecule has 0 aliphatic carbocycles. The normalized spacial score (nSPS) is 11.0. The van der Waals surface area contributed by atoms with Crippen LogP contribution in [0, 0.1) is 32.1 Å². The molecular formula is C19H18N2O2. The van der Waals surface area contributed by atoms with Gasteiger partial charge in [-0.3, -0.25) is 4.79 Å². The minimum Gasteiger partial charge on any atom is -0.507 e. The molecule has 0 heterocycles. The van der Waals surface area contributed by atoms with Gasteiger partial charge in [-0.1, -0.05) is 18.2 Å². The predicted molar refractivity (Wildman–Crippen MR) is 91.0 cm³/mol. The lowest BCUT2D eigenvalue weighted by molar-refractivity contribution is -0.112. The second-order valence-electron chi connectivity index (χ2n) is 5.44. The van der Waals surface area contributed by atoms with Crippen LogP contribution in [0.3, 0.4) is 0 Å². The highest BCUT2D eigenvalue weighted by Gasteiger charge is 2.11. The summed E-state index contributed by atoms with van der Waals surface area (Å²) in [6.07, 6.45) is 1.52. The Kier molecular flexibility index (Phi) is 4.82. The maximum atomic E-state index is 12.3. The Labute approximate surface area is 135 Å². The molecule has 2 rings (SSSR count). The maximum Gasteiger partial charge on any atom is 0.266 e. The molecule has 116 valence electrons. The van der Waals surface area contributed by atoms with Crippen LogP contribution < -0.4 is 5.32 Å². The van der Waals surface area contributed by atoms with Crippen LogP contribution in [0.5, 0.6) is 5.75 Å². The molecule has 0 saturated heterocycles. The van der Waals surface area contributed by atoms with Crippen molar-refractivity contribution >= 4 is 17.7 Å². The van der Waals surface area contributed by atoms with Gasteiger partial charge in [-0.15, -0.1) is 0 Å². The van der Waals surface area contributed by atoms with E-state index in [0.717, 1.165) is 5.56 Å². The lowest BCUT2D eigenvalue weighted by atomic mass is 10.0. The first-order valence-corrected chi connectivity index (χ1v) is 7.21. The molecule has 0 saturated carbocycles. The van der Waals surface area contributed by atoms with E-state index in [1.165, 1.54) is 6.08 Å². The Morgan fingerprint density at radius 3 is 2.30 bits per heavy atom. The molecule has 2 N–H and O–H groups in total. The number of carbonyl (C=O) groups is 1. The third kappa shape index (κ3) is 3.78. The van der Waals surface area contributed by atoms with Crippen LogP contribution >= 0.6 is 0 Å². The zero-order valence-electron chi connectivity index (χ0n) is 13.3. The Morgan fingerprint density at radius 2 is 1.74 bits per heavy atom. The number of nitrogens with one attached hydrogen (secondary N) is 1. The number of nitrogens with zero attached hydrogens (tertiary/aromatic N) is 1. The molecule has 0 aliphatic rings. The molecule has 0 atom stereocenters. The van der Waals surface area contributed by atoms with Crippen molar-refractivity contribution in [1.82, 2.24) is 0 Å². The van der Waals surface area contributed by atoms with E-state index in [9.17, 15) is 15.2 Å². The summed E-state index contributed by atoms with van der Waals surface area (Å²) in [6, 6.07) is 12.8. The van der Waals surface area contributed by atoms with Crippen molar-refractivity contribution in [2.45, 2.75) is 20.8 Å². The maximum absolute atomic E-state index is 12.3. The number of rotatable bonds is 3. The summed E-state index contributed by atoms with van der Waals surface area (Å²) in [6.45, 7) is 5.44. The summed E-state index contributed by atoms with van der Waals surface area (Å²) in [5, 5.41) is 21.8. The van der Waals surface area contributed by atoms with Gasteiger partial charge in [0.1, 0.15) is 17.4 Å². The van der Waals surface area contributed by atoms with E-state index in [1.54, 1.807) is 32.0 Å². The Balaban J connectivity index is 2.31. The summed E-state index contributed by atoms with van der Waals surface area (Å²) >= 11 is 0. The molecule has 0 unspecified atom stereocenters. The third-order valence-corrected chi connectivity index (χ3v) is 3.58. The average molecular weight is 306 g/mol. The largest absolute Gasteiger partial charge is 0.507 e. The number of nitriles is 1. The first kappa shape index (κ1) is 16.3. The molecule has 2 aromatic rings. The van der Waals surface area contributed by atoms with Gasteiger partial charge >= 0.3 is 0 Å². The quantitative estimate of drug-likeness (QED) is 0.668. The van der Waals surface area contributed by atoms with Crippen molar-refractivity contribution in [2.24, 2.45) is 0 Å². The standard InChI is InChI=1S/C19H18N2O2/c1-12-6-4-5-7-17(12)21-19(23)16(11-20)10-15-8-13(2)18(22)14(3)9-15/h4-10,22H,1-3H3,(H,21,23)/b16-10-. The van der Waals surface area contributed by atoms with Crippen LogP contribution in [-0.4, -0.2) is 11.0 Å². The van der Waals surface area contributed by atoms with Crippen molar-refractivity contribution in [3.63, 3.8) is 0 Å². The van der Waals surface area contributed by atoms with Gasteiger partial charge in [-0.25, -0.2) is 0 Å². The van der Waals surface area contributed by atoms with E-state index < -0.39 is 5.91 Å². The van der Waals surface area contributed by atoms with E-state index in [-0.39, 0.29) is 11.3 Å². The van der Waals surface area contributed by atoms with Crippen LogP contribution in [0.25, 0.3) is 6.08 Å². The Morgan fingerprint density at radius 1 is 1.13 bits per heavy atom. The zero-order valence-corrected chi connectivity index (χ0v) is 13.3. The van der Waals surface area contributed by atoms with E-state index >= 15 is 0 Å². The summed E-state index contributed by atoms with van der Waals surface area (Å²) < 4.78 is 0. The van der Waals surface area contributed by atoms with Gasteiger partial charge in [0.05, 0.1) is 0 Å². The number of aromatic hydroxyl groups is 1. The van der Waals surface area contributed by atoms with Gasteiger partial charge in [-0.05, 0) is 67.3 Å². The number of para-hydroxylation sites is 1. The van der Waals surface area contributed by atoms with Crippen LogP contribution in [0.15, 0.2) is 42.0 Å². The SMILES string of the molecule is Cc1ccccc1NC(=O)/C(C#N)=C\c1cc(C)c(O)c(C)c1. The van der Waals surface area contributed by atoms with Crippen LogP contribution in [0.4, 0.5) is 5.69 Å². The number of phenolic OH excluding ortho intramolecular Hbond substituents is 1. The fourth-order valence-electron chi connectivity index (χ4n) is 2.29. The lowest BCUT2D eigenvalue weighted by Gasteiger charge is -2.08. The van der Waals surface area contributed by atoms with Gasteiger partial charge in [0, 0.05) is 5.69 Å². The highest BCUT2D eigenvalue weighted by Crippen LogP contribution is 2.24. The molecule has 0 spiro atoms. The number of phenols is 1. The third-order valence-electron chi connectivity index (χ3n) is 3.58. The van der Waals surface area contributed by atoms with Gasteiger partial charge in [0.15, 0.2) is 0 Å². The molecule has 0 aliphatic heterocycles. The van der Waals surface area contributed by atoms with Crippen molar-refractivity contribution in [1.29, 1.82) is 5.26 Å². The molecule has 0 radical (unpaired) electrons. The van der Waals surface area contributed by atoms with Gasteiger partial charge in [0.2, 0.25) is 0 Å². The second-order valence-corrected chi connectivity index (χ2v) is 5.44. The smallest absolute Gasteiger partial charge is 0.266 e. The van der Waals surface area contributed by atoms with Gasteiger partial charge in [0.25, 0.3) is 5.91 Å². The highest BCUT2D eigenvalue weighted by atomic mass is 16.3. The van der Waals surface area contributed by atoms with Gasteiger partial charge in [-0.2, -0.15) is 5.26 Å². The minimum atomic E-state index is -0.454. The van der Waals surface area contributed by atoms with Crippen LogP contribution in [-0.2, 0) is 4.79 Å².